The van der Waals surface area contributed by atoms with Crippen LogP contribution < -0.4 is 4.90 Å². The molecule has 1 saturated carbocycles. The Bertz CT molecular complexity index is 573. The van der Waals surface area contributed by atoms with Gasteiger partial charge in [0.1, 0.15) is 17.5 Å². The van der Waals surface area contributed by atoms with Crippen molar-refractivity contribution in [1.82, 2.24) is 19.5 Å². The average molecular weight is 271 g/mol. The zero-order valence-corrected chi connectivity index (χ0v) is 12.2. The number of aromatic nitrogens is 4. The van der Waals surface area contributed by atoms with E-state index in [1.54, 1.807) is 0 Å². The molecule has 2 heterocycles. The molecule has 2 aromatic heterocycles. The molecule has 1 aliphatic rings. The summed E-state index contributed by atoms with van der Waals surface area (Å²) in [5.41, 5.74) is 0. The Kier molecular flexibility index (Phi) is 3.67. The van der Waals surface area contributed by atoms with Crippen molar-refractivity contribution in [2.45, 2.75) is 38.6 Å². The number of rotatable bonds is 6. The Morgan fingerprint density at radius 2 is 2.15 bits per heavy atom. The quantitative estimate of drug-likeness (QED) is 0.809. The second kappa shape index (κ2) is 5.61. The SMILES string of the molecule is Cc1nccn1CCCN(C)c1ccnc(C2CC2)n1. The van der Waals surface area contributed by atoms with Gasteiger partial charge in [0.05, 0.1) is 0 Å². The van der Waals surface area contributed by atoms with Crippen LogP contribution in [0, 0.1) is 6.92 Å². The van der Waals surface area contributed by atoms with E-state index in [0.717, 1.165) is 37.0 Å². The molecule has 0 amide bonds. The Morgan fingerprint density at radius 1 is 1.30 bits per heavy atom. The lowest BCUT2D eigenvalue weighted by molar-refractivity contribution is 0.620. The van der Waals surface area contributed by atoms with Gasteiger partial charge in [-0.25, -0.2) is 15.0 Å². The van der Waals surface area contributed by atoms with Gasteiger partial charge in [0.2, 0.25) is 0 Å². The summed E-state index contributed by atoms with van der Waals surface area (Å²) < 4.78 is 2.18. The maximum Gasteiger partial charge on any atom is 0.133 e. The topological polar surface area (TPSA) is 46.8 Å². The summed E-state index contributed by atoms with van der Waals surface area (Å²) in [6.45, 7) is 4.02. The largest absolute Gasteiger partial charge is 0.360 e. The number of hydrogen-bond acceptors (Lipinski definition) is 4. The van der Waals surface area contributed by atoms with E-state index in [-0.39, 0.29) is 0 Å². The molecule has 1 fully saturated rings. The summed E-state index contributed by atoms with van der Waals surface area (Å²) in [4.78, 5) is 15.5. The van der Waals surface area contributed by atoms with Gasteiger partial charge in [-0.2, -0.15) is 0 Å². The highest BCUT2D eigenvalue weighted by Gasteiger charge is 2.26. The van der Waals surface area contributed by atoms with Crippen molar-refractivity contribution < 1.29 is 0 Å². The molecule has 5 nitrogen and oxygen atoms in total. The summed E-state index contributed by atoms with van der Waals surface area (Å²) in [6.07, 6.45) is 9.33. The molecule has 2 aromatic rings. The van der Waals surface area contributed by atoms with Gasteiger partial charge in [-0.15, -0.1) is 0 Å². The fraction of sp³-hybridized carbons (Fsp3) is 0.533. The molecule has 0 radical (unpaired) electrons. The van der Waals surface area contributed by atoms with Crippen molar-refractivity contribution in [2.24, 2.45) is 0 Å². The second-order valence-corrected chi connectivity index (χ2v) is 5.49. The van der Waals surface area contributed by atoms with Crippen LogP contribution in [0.25, 0.3) is 0 Å². The van der Waals surface area contributed by atoms with E-state index < -0.39 is 0 Å². The normalized spacial score (nSPS) is 14.5. The fourth-order valence-corrected chi connectivity index (χ4v) is 2.35. The summed E-state index contributed by atoms with van der Waals surface area (Å²) in [7, 11) is 2.10. The van der Waals surface area contributed by atoms with Gasteiger partial charge >= 0.3 is 0 Å². The van der Waals surface area contributed by atoms with Gasteiger partial charge in [0.25, 0.3) is 0 Å². The summed E-state index contributed by atoms with van der Waals surface area (Å²) in [5.74, 6) is 3.73. The lowest BCUT2D eigenvalue weighted by Gasteiger charge is -2.18. The first-order valence-corrected chi connectivity index (χ1v) is 7.26. The third-order valence-electron chi connectivity index (χ3n) is 3.81. The van der Waals surface area contributed by atoms with Crippen molar-refractivity contribution in [3.63, 3.8) is 0 Å². The molecule has 0 saturated heterocycles. The van der Waals surface area contributed by atoms with E-state index in [1.807, 2.05) is 31.6 Å². The third-order valence-corrected chi connectivity index (χ3v) is 3.81. The van der Waals surface area contributed by atoms with Crippen LogP contribution in [-0.2, 0) is 6.54 Å². The lowest BCUT2D eigenvalue weighted by atomic mass is 10.3. The zero-order valence-electron chi connectivity index (χ0n) is 12.2. The molecule has 0 aliphatic heterocycles. The number of nitrogens with zero attached hydrogens (tertiary/aromatic N) is 5. The maximum atomic E-state index is 4.66. The lowest BCUT2D eigenvalue weighted by Crippen LogP contribution is -2.21. The molecule has 5 heteroatoms. The van der Waals surface area contributed by atoms with Gasteiger partial charge in [-0.05, 0) is 32.3 Å². The molecule has 0 aromatic carbocycles. The molecule has 0 N–H and O–H groups in total. The number of aryl methyl sites for hydroxylation is 2. The Morgan fingerprint density at radius 3 is 2.85 bits per heavy atom. The molecular weight excluding hydrogens is 250 g/mol. The van der Waals surface area contributed by atoms with Gasteiger partial charge < -0.3 is 9.47 Å². The number of imidazole rings is 1. The van der Waals surface area contributed by atoms with E-state index in [1.165, 1.54) is 12.8 Å². The van der Waals surface area contributed by atoms with Crippen molar-refractivity contribution in [3.05, 3.63) is 36.3 Å². The summed E-state index contributed by atoms with van der Waals surface area (Å²) in [5, 5.41) is 0. The Hall–Kier alpha value is -1.91. The van der Waals surface area contributed by atoms with Crippen LogP contribution in [0.5, 0.6) is 0 Å². The molecule has 0 spiro atoms. The fourth-order valence-electron chi connectivity index (χ4n) is 2.35. The van der Waals surface area contributed by atoms with Crippen LogP contribution in [0.15, 0.2) is 24.7 Å². The van der Waals surface area contributed by atoms with E-state index >= 15 is 0 Å². The first-order chi connectivity index (χ1) is 9.74. The Balaban J connectivity index is 1.54. The monoisotopic (exact) mass is 271 g/mol. The van der Waals surface area contributed by atoms with Crippen molar-refractivity contribution in [3.8, 4) is 0 Å². The van der Waals surface area contributed by atoms with E-state index in [4.69, 9.17) is 0 Å². The van der Waals surface area contributed by atoms with E-state index in [9.17, 15) is 0 Å². The molecule has 3 rings (SSSR count). The van der Waals surface area contributed by atoms with Crippen LogP contribution in [0.2, 0.25) is 0 Å². The van der Waals surface area contributed by atoms with Crippen LogP contribution in [0.4, 0.5) is 5.82 Å². The first-order valence-electron chi connectivity index (χ1n) is 7.26. The molecule has 1 aliphatic carbocycles. The molecule has 106 valence electrons. The van der Waals surface area contributed by atoms with Gasteiger partial charge in [-0.3, -0.25) is 0 Å². The molecule has 0 atom stereocenters. The van der Waals surface area contributed by atoms with Crippen LogP contribution in [0.3, 0.4) is 0 Å². The van der Waals surface area contributed by atoms with Crippen LogP contribution in [0.1, 0.15) is 36.8 Å². The molecule has 0 bridgehead atoms. The molecule has 0 unspecified atom stereocenters. The van der Waals surface area contributed by atoms with Crippen molar-refractivity contribution in [2.75, 3.05) is 18.5 Å². The van der Waals surface area contributed by atoms with Crippen molar-refractivity contribution in [1.29, 1.82) is 0 Å². The van der Waals surface area contributed by atoms with Gasteiger partial charge in [0.15, 0.2) is 0 Å². The minimum atomic E-state index is 0.608. The summed E-state index contributed by atoms with van der Waals surface area (Å²) in [6, 6.07) is 1.99. The maximum absolute atomic E-state index is 4.66. The first kappa shape index (κ1) is 13.1. The molecular formula is C15H21N5. The second-order valence-electron chi connectivity index (χ2n) is 5.49. The van der Waals surface area contributed by atoms with E-state index in [2.05, 4.69) is 31.5 Å². The van der Waals surface area contributed by atoms with E-state index in [0.29, 0.717) is 5.92 Å². The standard InChI is InChI=1S/C15H21N5/c1-12-16-8-11-20(12)10-3-9-19(2)14-6-7-17-15(18-14)13-4-5-13/h6-8,11,13H,3-5,9-10H2,1-2H3. The van der Waals surface area contributed by atoms with Crippen LogP contribution in [-0.4, -0.2) is 33.1 Å². The van der Waals surface area contributed by atoms with Crippen LogP contribution >= 0.6 is 0 Å². The average Bonchev–Trinajstić information content (AvgIpc) is 3.24. The van der Waals surface area contributed by atoms with Crippen molar-refractivity contribution >= 4 is 5.82 Å². The Labute approximate surface area is 119 Å². The highest BCUT2D eigenvalue weighted by molar-refractivity contribution is 5.36. The third kappa shape index (κ3) is 2.98. The predicted octanol–water partition coefficient (Wildman–Crippen LogP) is 2.39. The smallest absolute Gasteiger partial charge is 0.133 e. The summed E-state index contributed by atoms with van der Waals surface area (Å²) >= 11 is 0. The highest BCUT2D eigenvalue weighted by Crippen LogP contribution is 2.38. The number of anilines is 1. The number of hydrogen-bond donors (Lipinski definition) is 0. The zero-order chi connectivity index (χ0) is 13.9. The minimum absolute atomic E-state index is 0.608. The highest BCUT2D eigenvalue weighted by atomic mass is 15.2. The minimum Gasteiger partial charge on any atom is -0.360 e. The van der Waals surface area contributed by atoms with Gasteiger partial charge in [0, 0.05) is 44.6 Å². The van der Waals surface area contributed by atoms with Gasteiger partial charge in [-0.1, -0.05) is 0 Å². The predicted molar refractivity (Wildman–Crippen MR) is 78.9 cm³/mol. The molecule has 20 heavy (non-hydrogen) atoms.